The average Bonchev–Trinajstić information content (AvgIpc) is 2.42. The maximum atomic E-state index is 9.98. The Bertz CT molecular complexity index is 352. The van der Waals surface area contributed by atoms with E-state index in [1.54, 1.807) is 26.4 Å². The third kappa shape index (κ3) is 4.20. The van der Waals surface area contributed by atoms with Crippen LogP contribution in [0.4, 0.5) is 0 Å². The van der Waals surface area contributed by atoms with E-state index in [2.05, 4.69) is 6.92 Å². The Hall–Kier alpha value is -1.26. The Balaban J connectivity index is 2.59. The molecular weight excluding hydrogens is 232 g/mol. The van der Waals surface area contributed by atoms with Gasteiger partial charge < -0.3 is 19.3 Å². The minimum atomic E-state index is -0.637. The number of hydrogen-bond donors (Lipinski definition) is 1. The summed E-state index contributed by atoms with van der Waals surface area (Å²) in [7, 11) is 3.16. The highest BCUT2D eigenvalue weighted by atomic mass is 16.5. The lowest BCUT2D eigenvalue weighted by Gasteiger charge is -2.14. The first-order valence-electron chi connectivity index (χ1n) is 6.20. The molecule has 0 aliphatic heterocycles. The van der Waals surface area contributed by atoms with Crippen LogP contribution < -0.4 is 9.47 Å². The molecule has 0 amide bonds. The molecule has 18 heavy (non-hydrogen) atoms. The third-order valence-electron chi connectivity index (χ3n) is 2.71. The molecule has 0 aliphatic carbocycles. The normalized spacial score (nSPS) is 12.2. The van der Waals surface area contributed by atoms with Crippen molar-refractivity contribution in [3.63, 3.8) is 0 Å². The highest BCUT2D eigenvalue weighted by Crippen LogP contribution is 2.29. The average molecular weight is 254 g/mol. The van der Waals surface area contributed by atoms with Crippen molar-refractivity contribution in [1.29, 1.82) is 0 Å². The molecule has 4 heteroatoms. The van der Waals surface area contributed by atoms with Gasteiger partial charge in [-0.05, 0) is 24.1 Å². The largest absolute Gasteiger partial charge is 0.493 e. The van der Waals surface area contributed by atoms with Gasteiger partial charge in [-0.15, -0.1) is 0 Å². The van der Waals surface area contributed by atoms with Crippen LogP contribution in [0.15, 0.2) is 18.2 Å². The van der Waals surface area contributed by atoms with Gasteiger partial charge in [0.25, 0.3) is 0 Å². The van der Waals surface area contributed by atoms with Crippen molar-refractivity contribution < 1.29 is 19.3 Å². The summed E-state index contributed by atoms with van der Waals surface area (Å²) in [5.74, 6) is 1.27. The number of aliphatic hydroxyl groups excluding tert-OH is 1. The molecule has 0 aliphatic rings. The van der Waals surface area contributed by atoms with E-state index in [0.29, 0.717) is 24.7 Å². The Kier molecular flexibility index (Phi) is 6.54. The summed E-state index contributed by atoms with van der Waals surface area (Å²) in [5, 5.41) is 9.98. The summed E-state index contributed by atoms with van der Waals surface area (Å²) < 4.78 is 15.7. The smallest absolute Gasteiger partial charge is 0.161 e. The number of benzene rings is 1. The molecule has 0 heterocycles. The fraction of sp³-hybridized carbons (Fsp3) is 0.571. The van der Waals surface area contributed by atoms with Gasteiger partial charge in [-0.3, -0.25) is 0 Å². The van der Waals surface area contributed by atoms with Gasteiger partial charge in [0.15, 0.2) is 11.5 Å². The lowest BCUT2D eigenvalue weighted by Crippen LogP contribution is -2.08. The number of unbranched alkanes of at least 4 members (excludes halogenated alkanes) is 1. The van der Waals surface area contributed by atoms with E-state index < -0.39 is 6.10 Å². The second-order valence-corrected chi connectivity index (χ2v) is 4.06. The molecule has 1 atom stereocenters. The molecule has 0 saturated heterocycles. The quantitative estimate of drug-likeness (QED) is 0.724. The molecule has 1 rings (SSSR count). The second kappa shape index (κ2) is 7.95. The van der Waals surface area contributed by atoms with E-state index in [4.69, 9.17) is 14.2 Å². The fourth-order valence-electron chi connectivity index (χ4n) is 1.60. The molecule has 0 saturated carbocycles. The van der Waals surface area contributed by atoms with Gasteiger partial charge in [-0.2, -0.15) is 0 Å². The van der Waals surface area contributed by atoms with Crippen molar-refractivity contribution in [2.24, 2.45) is 0 Å². The van der Waals surface area contributed by atoms with Crippen molar-refractivity contribution in [2.75, 3.05) is 27.4 Å². The molecule has 1 unspecified atom stereocenters. The molecule has 0 bridgehead atoms. The van der Waals surface area contributed by atoms with Crippen LogP contribution in [0.3, 0.4) is 0 Å². The predicted octanol–water partition coefficient (Wildman–Crippen LogP) is 2.55. The van der Waals surface area contributed by atoms with Gasteiger partial charge in [-0.1, -0.05) is 19.4 Å². The van der Waals surface area contributed by atoms with Crippen LogP contribution in [0.2, 0.25) is 0 Å². The van der Waals surface area contributed by atoms with E-state index in [1.807, 2.05) is 6.07 Å². The van der Waals surface area contributed by atoms with Gasteiger partial charge in [-0.25, -0.2) is 0 Å². The van der Waals surface area contributed by atoms with Crippen LogP contribution in [0, 0.1) is 0 Å². The predicted molar refractivity (Wildman–Crippen MR) is 70.2 cm³/mol. The number of rotatable bonds is 8. The lowest BCUT2D eigenvalue weighted by molar-refractivity contribution is 0.0348. The minimum absolute atomic E-state index is 0.301. The van der Waals surface area contributed by atoms with Crippen molar-refractivity contribution in [3.8, 4) is 11.5 Å². The molecule has 1 aromatic rings. The van der Waals surface area contributed by atoms with Crippen LogP contribution in [0.5, 0.6) is 11.5 Å². The van der Waals surface area contributed by atoms with Crippen LogP contribution in [0.25, 0.3) is 0 Å². The van der Waals surface area contributed by atoms with Gasteiger partial charge in [0.1, 0.15) is 6.10 Å². The number of aliphatic hydroxyl groups is 1. The van der Waals surface area contributed by atoms with E-state index in [0.717, 1.165) is 18.4 Å². The molecule has 0 radical (unpaired) electrons. The fourth-order valence-corrected chi connectivity index (χ4v) is 1.60. The Morgan fingerprint density at radius 2 is 1.89 bits per heavy atom. The third-order valence-corrected chi connectivity index (χ3v) is 2.71. The number of hydrogen-bond acceptors (Lipinski definition) is 4. The van der Waals surface area contributed by atoms with E-state index in [-0.39, 0.29) is 0 Å². The zero-order chi connectivity index (χ0) is 13.4. The van der Waals surface area contributed by atoms with Crippen LogP contribution in [-0.4, -0.2) is 32.5 Å². The molecule has 4 nitrogen and oxygen atoms in total. The molecule has 1 aromatic carbocycles. The molecule has 0 aromatic heterocycles. The SMILES string of the molecule is CCCCOCC(O)c1ccc(OC)c(OC)c1. The molecule has 1 N–H and O–H groups in total. The zero-order valence-corrected chi connectivity index (χ0v) is 11.3. The number of ether oxygens (including phenoxy) is 3. The van der Waals surface area contributed by atoms with Crippen molar-refractivity contribution >= 4 is 0 Å². The van der Waals surface area contributed by atoms with Gasteiger partial charge >= 0.3 is 0 Å². The van der Waals surface area contributed by atoms with E-state index in [1.165, 1.54) is 0 Å². The summed E-state index contributed by atoms with van der Waals surface area (Å²) in [5.41, 5.74) is 0.768. The standard InChI is InChI=1S/C14H22O4/c1-4-5-8-18-10-12(15)11-6-7-13(16-2)14(9-11)17-3/h6-7,9,12,15H,4-5,8,10H2,1-3H3. The van der Waals surface area contributed by atoms with Gasteiger partial charge in [0.2, 0.25) is 0 Å². The van der Waals surface area contributed by atoms with Crippen LogP contribution in [-0.2, 0) is 4.74 Å². The van der Waals surface area contributed by atoms with Crippen LogP contribution >= 0.6 is 0 Å². The monoisotopic (exact) mass is 254 g/mol. The molecule has 102 valence electrons. The van der Waals surface area contributed by atoms with E-state index in [9.17, 15) is 5.11 Å². The topological polar surface area (TPSA) is 47.9 Å². The summed E-state index contributed by atoms with van der Waals surface area (Å²) in [4.78, 5) is 0. The zero-order valence-electron chi connectivity index (χ0n) is 11.3. The summed E-state index contributed by atoms with van der Waals surface area (Å²) in [6, 6.07) is 5.37. The maximum Gasteiger partial charge on any atom is 0.161 e. The maximum absolute atomic E-state index is 9.98. The second-order valence-electron chi connectivity index (χ2n) is 4.06. The highest BCUT2D eigenvalue weighted by molar-refractivity contribution is 5.43. The first-order chi connectivity index (χ1) is 8.72. The van der Waals surface area contributed by atoms with Crippen LogP contribution in [0.1, 0.15) is 31.4 Å². The molecule has 0 spiro atoms. The van der Waals surface area contributed by atoms with E-state index >= 15 is 0 Å². The first-order valence-corrected chi connectivity index (χ1v) is 6.20. The molecule has 0 fully saturated rings. The Morgan fingerprint density at radius 3 is 2.50 bits per heavy atom. The lowest BCUT2D eigenvalue weighted by atomic mass is 10.1. The summed E-state index contributed by atoms with van der Waals surface area (Å²) in [6.07, 6.45) is 1.46. The summed E-state index contributed by atoms with van der Waals surface area (Å²) >= 11 is 0. The van der Waals surface area contributed by atoms with Crippen molar-refractivity contribution in [3.05, 3.63) is 23.8 Å². The Labute approximate surface area is 108 Å². The van der Waals surface area contributed by atoms with Crippen molar-refractivity contribution in [1.82, 2.24) is 0 Å². The highest BCUT2D eigenvalue weighted by Gasteiger charge is 2.11. The summed E-state index contributed by atoms with van der Waals surface area (Å²) in [6.45, 7) is 3.09. The van der Waals surface area contributed by atoms with Gasteiger partial charge in [0, 0.05) is 6.61 Å². The molecular formula is C14H22O4. The van der Waals surface area contributed by atoms with Crippen molar-refractivity contribution in [2.45, 2.75) is 25.9 Å². The number of methoxy groups -OCH3 is 2. The van der Waals surface area contributed by atoms with Gasteiger partial charge in [0.05, 0.1) is 20.8 Å². The Morgan fingerprint density at radius 1 is 1.17 bits per heavy atom. The minimum Gasteiger partial charge on any atom is -0.493 e. The first kappa shape index (κ1) is 14.8.